The molecule has 1 aliphatic rings. The van der Waals surface area contributed by atoms with Gasteiger partial charge >= 0.3 is 6.36 Å². The fourth-order valence-corrected chi connectivity index (χ4v) is 2.48. The van der Waals surface area contributed by atoms with Crippen molar-refractivity contribution in [1.82, 2.24) is 0 Å². The first kappa shape index (κ1) is 14.1. The van der Waals surface area contributed by atoms with E-state index in [9.17, 15) is 22.7 Å². The Morgan fingerprint density at radius 1 is 1.16 bits per heavy atom. The van der Waals surface area contributed by atoms with E-state index in [2.05, 4.69) is 4.74 Å². The van der Waals surface area contributed by atoms with Crippen LogP contribution in [0.4, 0.5) is 17.6 Å². The number of ether oxygens (including phenoxy) is 1. The number of halogens is 4. The molecule has 0 aliphatic heterocycles. The minimum atomic E-state index is -4.81. The maximum absolute atomic E-state index is 13.7. The maximum atomic E-state index is 13.7. The van der Waals surface area contributed by atoms with Gasteiger partial charge in [0.1, 0.15) is 11.6 Å². The molecular weight excluding hydrogens is 264 g/mol. The van der Waals surface area contributed by atoms with Crippen LogP contribution in [0.2, 0.25) is 0 Å². The molecule has 2 atom stereocenters. The number of benzene rings is 1. The summed E-state index contributed by atoms with van der Waals surface area (Å²) >= 11 is 0. The topological polar surface area (TPSA) is 29.5 Å². The normalized spacial score (nSPS) is 24.3. The summed E-state index contributed by atoms with van der Waals surface area (Å²) in [5.41, 5.74) is 0.0916. The van der Waals surface area contributed by atoms with Gasteiger partial charge in [-0.3, -0.25) is 0 Å². The maximum Gasteiger partial charge on any atom is 0.573 e. The third-order valence-electron chi connectivity index (χ3n) is 3.33. The van der Waals surface area contributed by atoms with E-state index in [0.29, 0.717) is 12.8 Å². The highest BCUT2D eigenvalue weighted by molar-refractivity contribution is 5.33. The van der Waals surface area contributed by atoms with Crippen LogP contribution >= 0.6 is 0 Å². The van der Waals surface area contributed by atoms with E-state index in [-0.39, 0.29) is 5.56 Å². The molecule has 1 N–H and O–H groups in total. The number of alkyl halides is 3. The Labute approximate surface area is 108 Å². The molecule has 6 heteroatoms. The van der Waals surface area contributed by atoms with Crippen LogP contribution < -0.4 is 4.74 Å². The largest absolute Gasteiger partial charge is 0.573 e. The monoisotopic (exact) mass is 278 g/mol. The fourth-order valence-electron chi connectivity index (χ4n) is 2.48. The Kier molecular flexibility index (Phi) is 3.99. The minimum Gasteiger partial charge on any atom is -0.406 e. The molecule has 1 fully saturated rings. The molecule has 2 unspecified atom stereocenters. The highest BCUT2D eigenvalue weighted by Gasteiger charge is 2.32. The number of hydrogen-bond acceptors (Lipinski definition) is 2. The third-order valence-corrected chi connectivity index (χ3v) is 3.33. The molecule has 0 saturated heterocycles. The molecule has 0 amide bonds. The van der Waals surface area contributed by atoms with Gasteiger partial charge in [-0.15, -0.1) is 13.2 Å². The second-order valence-corrected chi connectivity index (χ2v) is 4.69. The molecule has 19 heavy (non-hydrogen) atoms. The van der Waals surface area contributed by atoms with Crippen molar-refractivity contribution in [3.63, 3.8) is 0 Å². The molecule has 0 heterocycles. The van der Waals surface area contributed by atoms with Crippen LogP contribution in [0.25, 0.3) is 0 Å². The van der Waals surface area contributed by atoms with Gasteiger partial charge in [0.2, 0.25) is 0 Å². The van der Waals surface area contributed by atoms with E-state index in [1.807, 2.05) is 0 Å². The summed E-state index contributed by atoms with van der Waals surface area (Å²) < 4.78 is 53.9. The Hall–Kier alpha value is -1.30. The summed E-state index contributed by atoms with van der Waals surface area (Å²) in [5, 5.41) is 9.84. The van der Waals surface area contributed by atoms with Gasteiger partial charge in [-0.05, 0) is 36.6 Å². The first-order valence-corrected chi connectivity index (χ1v) is 6.10. The van der Waals surface area contributed by atoms with Gasteiger partial charge in [0.25, 0.3) is 0 Å². The predicted octanol–water partition coefficient (Wildman–Crippen LogP) is 3.74. The lowest BCUT2D eigenvalue weighted by Crippen LogP contribution is -2.24. The molecule has 1 aromatic carbocycles. The van der Waals surface area contributed by atoms with Gasteiger partial charge in [-0.25, -0.2) is 4.39 Å². The average molecular weight is 278 g/mol. The molecule has 2 rings (SSSR count). The van der Waals surface area contributed by atoms with Crippen LogP contribution in [0.5, 0.6) is 5.75 Å². The smallest absolute Gasteiger partial charge is 0.406 e. The first-order valence-electron chi connectivity index (χ1n) is 6.10. The van der Waals surface area contributed by atoms with Crippen molar-refractivity contribution < 1.29 is 27.4 Å². The van der Waals surface area contributed by atoms with Crippen LogP contribution in [0.15, 0.2) is 18.2 Å². The van der Waals surface area contributed by atoms with Gasteiger partial charge in [0.05, 0.1) is 6.10 Å². The van der Waals surface area contributed by atoms with E-state index in [0.717, 1.165) is 31.0 Å². The van der Waals surface area contributed by atoms with Crippen LogP contribution in [-0.2, 0) is 0 Å². The second-order valence-electron chi connectivity index (χ2n) is 4.69. The fraction of sp³-hybridized carbons (Fsp3) is 0.538. The molecule has 2 nitrogen and oxygen atoms in total. The summed E-state index contributed by atoms with van der Waals surface area (Å²) in [6, 6.07) is 2.90. The number of aliphatic hydroxyl groups is 1. The Balaban J connectivity index is 2.26. The predicted molar refractivity (Wildman–Crippen MR) is 60.3 cm³/mol. The SMILES string of the molecule is OC1CCCCC1c1cc(OC(F)(F)F)ccc1F. The standard InChI is InChI=1S/C13H14F4O2/c14-11-6-5-8(19-13(15,16)17)7-10(11)9-3-1-2-4-12(9)18/h5-7,9,12,18H,1-4H2. The van der Waals surface area contributed by atoms with E-state index >= 15 is 0 Å². The van der Waals surface area contributed by atoms with E-state index in [1.165, 1.54) is 0 Å². The first-order chi connectivity index (χ1) is 8.87. The van der Waals surface area contributed by atoms with Crippen molar-refractivity contribution >= 4 is 0 Å². The van der Waals surface area contributed by atoms with Gasteiger partial charge in [-0.2, -0.15) is 0 Å². The summed E-state index contributed by atoms with van der Waals surface area (Å²) in [5.74, 6) is -1.53. The lowest BCUT2D eigenvalue weighted by atomic mass is 9.81. The Morgan fingerprint density at radius 2 is 1.84 bits per heavy atom. The van der Waals surface area contributed by atoms with Crippen molar-refractivity contribution in [2.45, 2.75) is 44.1 Å². The second kappa shape index (κ2) is 5.36. The number of aliphatic hydroxyl groups excluding tert-OH is 1. The Morgan fingerprint density at radius 3 is 2.47 bits per heavy atom. The lowest BCUT2D eigenvalue weighted by Gasteiger charge is -2.28. The molecule has 1 aliphatic carbocycles. The molecule has 0 bridgehead atoms. The summed E-state index contributed by atoms with van der Waals surface area (Å²) in [6.07, 6.45) is -2.75. The average Bonchev–Trinajstić information content (AvgIpc) is 2.31. The zero-order valence-corrected chi connectivity index (χ0v) is 10.1. The molecule has 1 aromatic rings. The Bertz CT molecular complexity index is 445. The van der Waals surface area contributed by atoms with Crippen molar-refractivity contribution in [3.05, 3.63) is 29.6 Å². The molecule has 1 saturated carbocycles. The van der Waals surface area contributed by atoms with E-state index < -0.39 is 30.0 Å². The van der Waals surface area contributed by atoms with Gasteiger partial charge < -0.3 is 9.84 Å². The number of hydrogen-bond donors (Lipinski definition) is 1. The lowest BCUT2D eigenvalue weighted by molar-refractivity contribution is -0.274. The third kappa shape index (κ3) is 3.59. The molecule has 0 spiro atoms. The summed E-state index contributed by atoms with van der Waals surface area (Å²) in [4.78, 5) is 0. The van der Waals surface area contributed by atoms with Crippen LogP contribution in [0, 0.1) is 5.82 Å². The molecule has 106 valence electrons. The quantitative estimate of drug-likeness (QED) is 0.835. The van der Waals surface area contributed by atoms with Crippen molar-refractivity contribution in [3.8, 4) is 5.75 Å². The summed E-state index contributed by atoms with van der Waals surface area (Å²) in [7, 11) is 0. The molecular formula is C13H14F4O2. The molecule has 0 aromatic heterocycles. The van der Waals surface area contributed by atoms with E-state index in [4.69, 9.17) is 0 Å². The van der Waals surface area contributed by atoms with Crippen molar-refractivity contribution in [2.24, 2.45) is 0 Å². The van der Waals surface area contributed by atoms with Gasteiger partial charge in [0, 0.05) is 5.92 Å². The minimum absolute atomic E-state index is 0.0916. The zero-order chi connectivity index (χ0) is 14.0. The van der Waals surface area contributed by atoms with Crippen LogP contribution in [0.1, 0.15) is 37.2 Å². The summed E-state index contributed by atoms with van der Waals surface area (Å²) in [6.45, 7) is 0. The zero-order valence-electron chi connectivity index (χ0n) is 10.1. The molecule has 0 radical (unpaired) electrons. The van der Waals surface area contributed by atoms with Gasteiger partial charge in [0.15, 0.2) is 0 Å². The van der Waals surface area contributed by atoms with E-state index in [1.54, 1.807) is 0 Å². The van der Waals surface area contributed by atoms with Crippen molar-refractivity contribution in [2.75, 3.05) is 0 Å². The van der Waals surface area contributed by atoms with Crippen LogP contribution in [0.3, 0.4) is 0 Å². The highest BCUT2D eigenvalue weighted by Crippen LogP contribution is 2.36. The number of rotatable bonds is 2. The van der Waals surface area contributed by atoms with Crippen molar-refractivity contribution in [1.29, 1.82) is 0 Å². The van der Waals surface area contributed by atoms with Gasteiger partial charge in [-0.1, -0.05) is 12.8 Å². The highest BCUT2D eigenvalue weighted by atomic mass is 19.4. The van der Waals surface area contributed by atoms with Crippen LogP contribution in [-0.4, -0.2) is 17.6 Å².